The molecule has 1 N–H and O–H groups in total. The number of carbonyl (C=O) groups excluding carboxylic acids is 3. The van der Waals surface area contributed by atoms with E-state index < -0.39 is 0 Å². The molecule has 5 heteroatoms. The number of ketones is 1. The maximum absolute atomic E-state index is 11.7. The highest BCUT2D eigenvalue weighted by Crippen LogP contribution is 2.20. The van der Waals surface area contributed by atoms with Crippen LogP contribution in [-0.4, -0.2) is 30.7 Å². The lowest BCUT2D eigenvalue weighted by Gasteiger charge is -2.14. The largest absolute Gasteiger partial charge is 0.349 e. The molecule has 98 valence electrons. The number of amides is 2. The van der Waals surface area contributed by atoms with Crippen LogP contribution >= 0.6 is 0 Å². The predicted octanol–water partition coefficient (Wildman–Crippen LogP) is 0.908. The van der Waals surface area contributed by atoms with Crippen LogP contribution in [0.1, 0.15) is 16.8 Å². The fourth-order valence-corrected chi connectivity index (χ4v) is 1.88. The van der Waals surface area contributed by atoms with Crippen LogP contribution in [0.25, 0.3) is 0 Å². The number of benzene rings is 1. The second-order valence-electron chi connectivity index (χ2n) is 4.24. The van der Waals surface area contributed by atoms with E-state index in [1.807, 2.05) is 0 Å². The molecule has 0 aliphatic carbocycles. The van der Waals surface area contributed by atoms with Crippen molar-refractivity contribution in [3.8, 4) is 0 Å². The van der Waals surface area contributed by atoms with Crippen LogP contribution in [0.5, 0.6) is 0 Å². The third-order valence-corrected chi connectivity index (χ3v) is 2.83. The molecule has 0 aromatic heterocycles. The summed E-state index contributed by atoms with van der Waals surface area (Å²) in [6, 6.07) is 6.59. The molecule has 1 aromatic rings. The van der Waals surface area contributed by atoms with Gasteiger partial charge in [0.1, 0.15) is 0 Å². The first-order valence-corrected chi connectivity index (χ1v) is 5.93. The number of anilines is 1. The van der Waals surface area contributed by atoms with Gasteiger partial charge in [-0.15, -0.1) is 6.58 Å². The van der Waals surface area contributed by atoms with Crippen LogP contribution in [0.2, 0.25) is 0 Å². The van der Waals surface area contributed by atoms with E-state index in [0.717, 1.165) is 0 Å². The lowest BCUT2D eigenvalue weighted by molar-refractivity contribution is -0.121. The average Bonchev–Trinajstić information content (AvgIpc) is 2.75. The maximum Gasteiger partial charge on any atom is 0.251 e. The van der Waals surface area contributed by atoms with Crippen molar-refractivity contribution in [2.24, 2.45) is 0 Å². The van der Waals surface area contributed by atoms with Gasteiger partial charge in [-0.3, -0.25) is 14.4 Å². The molecular weight excluding hydrogens is 244 g/mol. The lowest BCUT2D eigenvalue weighted by atomic mass is 10.2. The summed E-state index contributed by atoms with van der Waals surface area (Å²) in [4.78, 5) is 35.8. The Kier molecular flexibility index (Phi) is 3.75. The molecule has 0 atom stereocenters. The van der Waals surface area contributed by atoms with Crippen LogP contribution in [0.4, 0.5) is 5.69 Å². The van der Waals surface area contributed by atoms with Crippen molar-refractivity contribution in [2.75, 3.05) is 18.0 Å². The molecule has 0 spiro atoms. The van der Waals surface area contributed by atoms with Gasteiger partial charge in [-0.05, 0) is 24.3 Å². The standard InChI is InChI=1S/C14H14N2O3/c1-2-7-15-14(19)10-3-5-11(6-4-10)16-9-12(17)8-13(16)18/h2-6H,1,7-9H2,(H,15,19). The third-order valence-electron chi connectivity index (χ3n) is 2.83. The Morgan fingerprint density at radius 3 is 2.53 bits per heavy atom. The van der Waals surface area contributed by atoms with Crippen molar-refractivity contribution >= 4 is 23.3 Å². The number of nitrogens with one attached hydrogen (secondary N) is 1. The molecule has 2 amide bonds. The zero-order valence-corrected chi connectivity index (χ0v) is 10.4. The van der Waals surface area contributed by atoms with Crippen LogP contribution in [0.15, 0.2) is 36.9 Å². The Labute approximate surface area is 110 Å². The van der Waals surface area contributed by atoms with Crippen LogP contribution in [0, 0.1) is 0 Å². The first-order valence-electron chi connectivity index (χ1n) is 5.93. The van der Waals surface area contributed by atoms with Crippen molar-refractivity contribution in [3.05, 3.63) is 42.5 Å². The highest BCUT2D eigenvalue weighted by Gasteiger charge is 2.28. The summed E-state index contributed by atoms with van der Waals surface area (Å²) in [5.41, 5.74) is 1.14. The van der Waals surface area contributed by atoms with Crippen LogP contribution < -0.4 is 10.2 Å². The molecule has 0 saturated carbocycles. The van der Waals surface area contributed by atoms with E-state index >= 15 is 0 Å². The smallest absolute Gasteiger partial charge is 0.251 e. The van der Waals surface area contributed by atoms with Crippen molar-refractivity contribution in [1.29, 1.82) is 0 Å². The fourth-order valence-electron chi connectivity index (χ4n) is 1.88. The molecule has 1 aliphatic heterocycles. The van der Waals surface area contributed by atoms with Gasteiger partial charge in [0.15, 0.2) is 5.78 Å². The van der Waals surface area contributed by atoms with E-state index in [2.05, 4.69) is 11.9 Å². The Balaban J connectivity index is 2.10. The van der Waals surface area contributed by atoms with Gasteiger partial charge >= 0.3 is 0 Å². The van der Waals surface area contributed by atoms with Gasteiger partial charge in [-0.2, -0.15) is 0 Å². The van der Waals surface area contributed by atoms with Gasteiger partial charge in [-0.25, -0.2) is 0 Å². The normalized spacial score (nSPS) is 14.6. The molecule has 1 heterocycles. The van der Waals surface area contributed by atoms with E-state index in [1.165, 1.54) is 4.90 Å². The van der Waals surface area contributed by atoms with Gasteiger partial charge in [-0.1, -0.05) is 6.08 Å². The summed E-state index contributed by atoms with van der Waals surface area (Å²) in [5.74, 6) is -0.484. The van der Waals surface area contributed by atoms with Crippen molar-refractivity contribution in [3.63, 3.8) is 0 Å². The monoisotopic (exact) mass is 258 g/mol. The van der Waals surface area contributed by atoms with E-state index in [4.69, 9.17) is 0 Å². The molecule has 5 nitrogen and oxygen atoms in total. The minimum Gasteiger partial charge on any atom is -0.349 e. The SMILES string of the molecule is C=CCNC(=O)c1ccc(N2CC(=O)CC2=O)cc1. The minimum atomic E-state index is -0.200. The Hall–Kier alpha value is -2.43. The number of hydrogen-bond donors (Lipinski definition) is 1. The van der Waals surface area contributed by atoms with Crippen LogP contribution in [-0.2, 0) is 9.59 Å². The second-order valence-corrected chi connectivity index (χ2v) is 4.24. The molecule has 0 radical (unpaired) electrons. The molecule has 19 heavy (non-hydrogen) atoms. The lowest BCUT2D eigenvalue weighted by Crippen LogP contribution is -2.25. The summed E-state index contributed by atoms with van der Waals surface area (Å²) < 4.78 is 0. The Morgan fingerprint density at radius 1 is 1.32 bits per heavy atom. The summed E-state index contributed by atoms with van der Waals surface area (Å²) in [6.07, 6.45) is 1.56. The first-order chi connectivity index (χ1) is 9.11. The fraction of sp³-hybridized carbons (Fsp3) is 0.214. The Morgan fingerprint density at radius 2 is 2.00 bits per heavy atom. The molecule has 1 aromatic carbocycles. The van der Waals surface area contributed by atoms with E-state index in [0.29, 0.717) is 17.8 Å². The van der Waals surface area contributed by atoms with Gasteiger partial charge in [0.2, 0.25) is 5.91 Å². The second kappa shape index (κ2) is 5.48. The highest BCUT2D eigenvalue weighted by molar-refractivity contribution is 6.15. The van der Waals surface area contributed by atoms with Gasteiger partial charge in [0.25, 0.3) is 5.91 Å². The van der Waals surface area contributed by atoms with Crippen molar-refractivity contribution in [1.82, 2.24) is 5.32 Å². The molecule has 1 fully saturated rings. The summed E-state index contributed by atoms with van der Waals surface area (Å²) in [5, 5.41) is 2.66. The summed E-state index contributed by atoms with van der Waals surface area (Å²) >= 11 is 0. The van der Waals surface area contributed by atoms with Gasteiger partial charge in [0, 0.05) is 17.8 Å². The minimum absolute atomic E-state index is 0.0401. The topological polar surface area (TPSA) is 66.5 Å². The van der Waals surface area contributed by atoms with Gasteiger partial charge < -0.3 is 10.2 Å². The average molecular weight is 258 g/mol. The number of carbonyl (C=O) groups is 3. The van der Waals surface area contributed by atoms with Crippen LogP contribution in [0.3, 0.4) is 0 Å². The highest BCUT2D eigenvalue weighted by atomic mass is 16.2. The maximum atomic E-state index is 11.7. The van der Waals surface area contributed by atoms with E-state index in [-0.39, 0.29) is 30.6 Å². The van der Waals surface area contributed by atoms with Crippen molar-refractivity contribution < 1.29 is 14.4 Å². The predicted molar refractivity (Wildman–Crippen MR) is 70.9 cm³/mol. The number of nitrogens with zero attached hydrogens (tertiary/aromatic N) is 1. The number of Topliss-reactive ketones (excluding diaryl/α,β-unsaturated/α-hetero) is 1. The number of rotatable bonds is 4. The molecule has 1 saturated heterocycles. The van der Waals surface area contributed by atoms with Crippen molar-refractivity contribution in [2.45, 2.75) is 6.42 Å². The van der Waals surface area contributed by atoms with Gasteiger partial charge in [0.05, 0.1) is 13.0 Å². The first kappa shape index (κ1) is 13.0. The zero-order chi connectivity index (χ0) is 13.8. The number of hydrogen-bond acceptors (Lipinski definition) is 3. The molecule has 1 aliphatic rings. The summed E-state index contributed by atoms with van der Waals surface area (Å²) in [7, 11) is 0. The summed E-state index contributed by atoms with van der Waals surface area (Å²) in [6.45, 7) is 4.03. The molecule has 0 unspecified atom stereocenters. The van der Waals surface area contributed by atoms with E-state index in [1.54, 1.807) is 30.3 Å². The Bertz CT molecular complexity index is 534. The molecule has 2 rings (SSSR count). The quantitative estimate of drug-likeness (QED) is 0.644. The van der Waals surface area contributed by atoms with E-state index in [9.17, 15) is 14.4 Å². The third kappa shape index (κ3) is 2.88. The molecular formula is C14H14N2O3. The molecule has 0 bridgehead atoms. The zero-order valence-electron chi connectivity index (χ0n) is 10.4.